The van der Waals surface area contributed by atoms with Crippen molar-refractivity contribution in [3.63, 3.8) is 0 Å². The van der Waals surface area contributed by atoms with Gasteiger partial charge in [-0.05, 0) is 80.3 Å². The fourth-order valence-electron chi connectivity index (χ4n) is 5.09. The summed E-state index contributed by atoms with van der Waals surface area (Å²) in [6, 6.07) is 20.3. The molecule has 1 aliphatic rings. The van der Waals surface area contributed by atoms with Gasteiger partial charge in [0.05, 0.1) is 4.92 Å². The first-order valence-corrected chi connectivity index (χ1v) is 11.5. The molecular formula is C28H27ClN2O3. The molecule has 0 saturated carbocycles. The number of nitrogens with zero attached hydrogens (tertiary/aromatic N) is 2. The molecule has 34 heavy (non-hydrogen) atoms. The van der Waals surface area contributed by atoms with Gasteiger partial charge in [-0.2, -0.15) is 0 Å². The van der Waals surface area contributed by atoms with Crippen LogP contribution in [0.25, 0.3) is 6.08 Å². The van der Waals surface area contributed by atoms with Crippen LogP contribution in [0, 0.1) is 17.0 Å². The van der Waals surface area contributed by atoms with E-state index >= 15 is 0 Å². The summed E-state index contributed by atoms with van der Waals surface area (Å²) < 4.78 is 0. The molecule has 0 spiro atoms. The van der Waals surface area contributed by atoms with Gasteiger partial charge in [-0.3, -0.25) is 14.9 Å². The molecular weight excluding hydrogens is 448 g/mol. The third-order valence-corrected chi connectivity index (χ3v) is 6.85. The molecule has 1 atom stereocenters. The van der Waals surface area contributed by atoms with E-state index in [-0.39, 0.29) is 17.0 Å². The van der Waals surface area contributed by atoms with Gasteiger partial charge in [-0.1, -0.05) is 48.4 Å². The zero-order chi connectivity index (χ0) is 24.7. The summed E-state index contributed by atoms with van der Waals surface area (Å²) in [7, 11) is 0. The third kappa shape index (κ3) is 4.36. The molecule has 4 rings (SSSR count). The van der Waals surface area contributed by atoms with Crippen molar-refractivity contribution < 1.29 is 9.72 Å². The molecule has 0 aliphatic carbocycles. The molecule has 174 valence electrons. The highest BCUT2D eigenvalue weighted by Crippen LogP contribution is 2.50. The molecule has 0 unspecified atom stereocenters. The van der Waals surface area contributed by atoms with Crippen LogP contribution < -0.4 is 4.90 Å². The van der Waals surface area contributed by atoms with Crippen LogP contribution in [0.1, 0.15) is 49.4 Å². The second-order valence-electron chi connectivity index (χ2n) is 9.70. The Labute approximate surface area is 204 Å². The maximum atomic E-state index is 13.5. The number of aryl methyl sites for hydroxylation is 1. The van der Waals surface area contributed by atoms with Crippen molar-refractivity contribution in [1.82, 2.24) is 0 Å². The molecule has 5 nitrogen and oxygen atoms in total. The average Bonchev–Trinajstić information content (AvgIpc) is 2.78. The predicted molar refractivity (Wildman–Crippen MR) is 137 cm³/mol. The van der Waals surface area contributed by atoms with Crippen molar-refractivity contribution in [3.05, 3.63) is 110 Å². The van der Waals surface area contributed by atoms with Crippen LogP contribution in [0.4, 0.5) is 11.4 Å². The SMILES string of the molecule is Cc1ccc2c(c1)[C@@](C)(c1ccc(Cl)cc1)CC(C)(C)N2C(=O)/C=C/c1ccc([N+](=O)[O-])cc1. The Morgan fingerprint density at radius 2 is 1.68 bits per heavy atom. The average molecular weight is 475 g/mol. The first kappa shape index (κ1) is 23.7. The number of carbonyl (C=O) groups is 1. The minimum absolute atomic E-state index is 0.0198. The number of hydrogen-bond acceptors (Lipinski definition) is 3. The lowest BCUT2D eigenvalue weighted by Gasteiger charge is -2.51. The molecule has 3 aromatic carbocycles. The van der Waals surface area contributed by atoms with Crippen LogP contribution in [0.2, 0.25) is 5.02 Å². The Kier molecular flexibility index (Phi) is 6.09. The fraction of sp³-hybridized carbons (Fsp3) is 0.250. The highest BCUT2D eigenvalue weighted by Gasteiger charge is 2.47. The van der Waals surface area contributed by atoms with Crippen molar-refractivity contribution in [3.8, 4) is 0 Å². The number of anilines is 1. The van der Waals surface area contributed by atoms with Gasteiger partial charge in [0.2, 0.25) is 0 Å². The van der Waals surface area contributed by atoms with E-state index < -0.39 is 10.5 Å². The standard InChI is InChI=1S/C28H27ClN2O3/c1-19-5-15-25-24(17-19)28(4,21-9-11-22(29)12-10-21)18-27(2,3)30(25)26(32)16-8-20-6-13-23(14-7-20)31(33)34/h5-17H,18H2,1-4H3/b16-8+/t28-/m1/s1. The molecule has 0 bridgehead atoms. The van der Waals surface area contributed by atoms with Gasteiger partial charge in [-0.25, -0.2) is 0 Å². The Morgan fingerprint density at radius 1 is 1.03 bits per heavy atom. The van der Waals surface area contributed by atoms with Crippen molar-refractivity contribution in [1.29, 1.82) is 0 Å². The number of nitro benzene ring substituents is 1. The van der Waals surface area contributed by atoms with Crippen molar-refractivity contribution in [2.24, 2.45) is 0 Å². The van der Waals surface area contributed by atoms with E-state index in [1.165, 1.54) is 18.2 Å². The minimum atomic E-state index is -0.465. The molecule has 0 aromatic heterocycles. The number of rotatable bonds is 4. The second kappa shape index (κ2) is 8.73. The van der Waals surface area contributed by atoms with Gasteiger partial charge in [0.1, 0.15) is 0 Å². The van der Waals surface area contributed by atoms with Crippen molar-refractivity contribution in [2.45, 2.75) is 45.1 Å². The number of carbonyl (C=O) groups excluding carboxylic acids is 1. The number of fused-ring (bicyclic) bond motifs is 1. The zero-order valence-corrected chi connectivity index (χ0v) is 20.5. The highest BCUT2D eigenvalue weighted by molar-refractivity contribution is 6.30. The van der Waals surface area contributed by atoms with Gasteiger partial charge >= 0.3 is 0 Å². The Balaban J connectivity index is 1.74. The van der Waals surface area contributed by atoms with Crippen molar-refractivity contribution in [2.75, 3.05) is 4.90 Å². The smallest absolute Gasteiger partial charge is 0.269 e. The number of amides is 1. The first-order valence-electron chi connectivity index (χ1n) is 11.2. The summed E-state index contributed by atoms with van der Waals surface area (Å²) in [4.78, 5) is 25.8. The molecule has 6 heteroatoms. The van der Waals surface area contributed by atoms with Crippen molar-refractivity contribution >= 4 is 35.0 Å². The maximum absolute atomic E-state index is 13.5. The van der Waals surface area contributed by atoms with E-state index in [2.05, 4.69) is 45.9 Å². The topological polar surface area (TPSA) is 63.5 Å². The van der Waals surface area contributed by atoms with Gasteiger partial charge in [0.25, 0.3) is 11.6 Å². The minimum Gasteiger partial charge on any atom is -0.303 e. The highest BCUT2D eigenvalue weighted by atomic mass is 35.5. The molecule has 0 saturated heterocycles. The summed E-state index contributed by atoms with van der Waals surface area (Å²) in [5.74, 6) is -0.133. The largest absolute Gasteiger partial charge is 0.303 e. The summed E-state index contributed by atoms with van der Waals surface area (Å²) in [6.07, 6.45) is 3.97. The quantitative estimate of drug-likeness (QED) is 0.230. The number of nitro groups is 1. The first-order chi connectivity index (χ1) is 16.0. The van der Waals surface area contributed by atoms with Crippen LogP contribution >= 0.6 is 11.6 Å². The zero-order valence-electron chi connectivity index (χ0n) is 19.7. The summed E-state index contributed by atoms with van der Waals surface area (Å²) in [5.41, 5.74) is 4.26. The van der Waals surface area contributed by atoms with Gasteiger partial charge in [-0.15, -0.1) is 0 Å². The molecule has 1 heterocycles. The molecule has 0 N–H and O–H groups in total. The van der Waals surface area contributed by atoms with Crippen LogP contribution in [0.5, 0.6) is 0 Å². The van der Waals surface area contributed by atoms with E-state index in [0.29, 0.717) is 5.02 Å². The number of halogens is 1. The third-order valence-electron chi connectivity index (χ3n) is 6.60. The van der Waals surface area contributed by atoms with E-state index in [1.807, 2.05) is 29.2 Å². The summed E-state index contributed by atoms with van der Waals surface area (Å²) in [6.45, 7) is 8.46. The summed E-state index contributed by atoms with van der Waals surface area (Å²) in [5, 5.41) is 11.6. The van der Waals surface area contributed by atoms with E-state index in [9.17, 15) is 14.9 Å². The molecule has 1 aliphatic heterocycles. The molecule has 0 fully saturated rings. The number of benzene rings is 3. The lowest BCUT2D eigenvalue weighted by Crippen LogP contribution is -2.55. The number of hydrogen-bond donors (Lipinski definition) is 0. The van der Waals surface area contributed by atoms with Gasteiger partial charge < -0.3 is 4.90 Å². The maximum Gasteiger partial charge on any atom is 0.269 e. The molecule has 1 amide bonds. The Morgan fingerprint density at radius 3 is 2.29 bits per heavy atom. The fourth-order valence-corrected chi connectivity index (χ4v) is 5.22. The van der Waals surface area contributed by atoms with Crippen LogP contribution in [-0.2, 0) is 10.2 Å². The monoisotopic (exact) mass is 474 g/mol. The van der Waals surface area contributed by atoms with Gasteiger partial charge in [0, 0.05) is 39.9 Å². The van der Waals surface area contributed by atoms with Crippen LogP contribution in [0.15, 0.2) is 72.8 Å². The van der Waals surface area contributed by atoms with Crippen LogP contribution in [0.3, 0.4) is 0 Å². The molecule has 3 aromatic rings. The Bertz CT molecular complexity index is 1280. The van der Waals surface area contributed by atoms with Crippen LogP contribution in [-0.4, -0.2) is 16.4 Å². The lowest BCUT2D eigenvalue weighted by molar-refractivity contribution is -0.384. The summed E-state index contributed by atoms with van der Waals surface area (Å²) >= 11 is 6.16. The predicted octanol–water partition coefficient (Wildman–Crippen LogP) is 7.09. The normalized spacial score (nSPS) is 19.1. The van der Waals surface area contributed by atoms with Gasteiger partial charge in [0.15, 0.2) is 0 Å². The lowest BCUT2D eigenvalue weighted by atomic mass is 9.65. The van der Waals surface area contributed by atoms with E-state index in [4.69, 9.17) is 11.6 Å². The van der Waals surface area contributed by atoms with E-state index in [0.717, 1.165) is 34.4 Å². The van der Waals surface area contributed by atoms with E-state index in [1.54, 1.807) is 18.2 Å². The number of non-ortho nitro benzene ring substituents is 1. The second-order valence-corrected chi connectivity index (χ2v) is 10.1. The molecule has 0 radical (unpaired) electrons. The Hall–Kier alpha value is -3.44.